The first kappa shape index (κ1) is 11.6. The van der Waals surface area contributed by atoms with Crippen molar-refractivity contribution in [2.45, 2.75) is 20.3 Å². The molecule has 1 nitrogen and oxygen atoms in total. The van der Waals surface area contributed by atoms with E-state index in [1.165, 1.54) is 16.3 Å². The van der Waals surface area contributed by atoms with Gasteiger partial charge in [0.05, 0.1) is 0 Å². The van der Waals surface area contributed by atoms with Crippen molar-refractivity contribution in [2.24, 2.45) is 0 Å². The summed E-state index contributed by atoms with van der Waals surface area (Å²) in [7, 11) is 0. The Morgan fingerprint density at radius 3 is 2.47 bits per heavy atom. The third-order valence-electron chi connectivity index (χ3n) is 2.90. The van der Waals surface area contributed by atoms with Gasteiger partial charge < -0.3 is 0 Å². The number of ketones is 1. The highest BCUT2D eigenvalue weighted by atomic mass is 16.1. The molecule has 0 unspecified atom stereocenters. The van der Waals surface area contributed by atoms with Crippen molar-refractivity contribution >= 4 is 22.1 Å². The van der Waals surface area contributed by atoms with Gasteiger partial charge >= 0.3 is 0 Å². The van der Waals surface area contributed by atoms with Gasteiger partial charge in [-0.2, -0.15) is 0 Å². The third-order valence-corrected chi connectivity index (χ3v) is 2.90. The van der Waals surface area contributed by atoms with E-state index in [0.29, 0.717) is 6.42 Å². The van der Waals surface area contributed by atoms with Crippen molar-refractivity contribution in [1.82, 2.24) is 0 Å². The number of carbonyl (C=O) groups excluding carboxylic acids is 1. The summed E-state index contributed by atoms with van der Waals surface area (Å²) in [6.45, 7) is 3.66. The molecule has 0 aliphatic rings. The molecule has 1 heteroatoms. The van der Waals surface area contributed by atoms with E-state index in [1.807, 2.05) is 25.1 Å². The summed E-state index contributed by atoms with van der Waals surface area (Å²) in [6.07, 6.45) is 2.51. The first-order valence-electron chi connectivity index (χ1n) is 5.82. The van der Waals surface area contributed by atoms with Crippen LogP contribution < -0.4 is 0 Å². The topological polar surface area (TPSA) is 17.1 Å². The maximum absolute atomic E-state index is 10.9. The number of Topliss-reactive ketones (excluding diaryl/α,β-unsaturated/α-hetero) is 1. The van der Waals surface area contributed by atoms with Crippen LogP contribution in [-0.2, 0) is 4.79 Å². The molecule has 0 bridgehead atoms. The number of carbonyl (C=O) groups is 1. The van der Waals surface area contributed by atoms with Crippen LogP contribution in [0.1, 0.15) is 25.8 Å². The number of allylic oxidation sites excluding steroid dienone is 2. The fourth-order valence-electron chi connectivity index (χ4n) is 1.85. The highest BCUT2D eigenvalue weighted by Gasteiger charge is 1.98. The monoisotopic (exact) mass is 224 g/mol. The summed E-state index contributed by atoms with van der Waals surface area (Å²) in [4.78, 5) is 10.9. The van der Waals surface area contributed by atoms with Gasteiger partial charge in [-0.1, -0.05) is 42.5 Å². The number of hydrogen-bond donors (Lipinski definition) is 0. The van der Waals surface area contributed by atoms with Gasteiger partial charge in [-0.15, -0.1) is 0 Å². The van der Waals surface area contributed by atoms with Crippen LogP contribution in [0.25, 0.3) is 16.3 Å². The summed E-state index contributed by atoms with van der Waals surface area (Å²) < 4.78 is 0. The third kappa shape index (κ3) is 2.82. The minimum Gasteiger partial charge on any atom is -0.300 e. The van der Waals surface area contributed by atoms with E-state index in [4.69, 9.17) is 0 Å². The Kier molecular flexibility index (Phi) is 3.38. The summed E-state index contributed by atoms with van der Waals surface area (Å²) in [5.41, 5.74) is 2.34. The lowest BCUT2D eigenvalue weighted by Crippen LogP contribution is -1.87. The van der Waals surface area contributed by atoms with Gasteiger partial charge in [-0.3, -0.25) is 4.79 Å². The normalized spacial score (nSPS) is 11.8. The largest absolute Gasteiger partial charge is 0.300 e. The standard InChI is InChI=1S/C16H16O/c1-12(7-8-13(2)17)15-10-9-14-5-3-4-6-16(14)11-15/h3-7,9-11H,8H2,1-2H3/b12-7+. The molecule has 2 aromatic carbocycles. The highest BCUT2D eigenvalue weighted by molar-refractivity contribution is 5.86. The van der Waals surface area contributed by atoms with Gasteiger partial charge in [0.1, 0.15) is 5.78 Å². The summed E-state index contributed by atoms with van der Waals surface area (Å²) >= 11 is 0. The van der Waals surface area contributed by atoms with Crippen LogP contribution in [0.2, 0.25) is 0 Å². The summed E-state index contributed by atoms with van der Waals surface area (Å²) in [5.74, 6) is 0.199. The molecular formula is C16H16O. The summed E-state index contributed by atoms with van der Waals surface area (Å²) in [5, 5.41) is 2.48. The molecule has 86 valence electrons. The lowest BCUT2D eigenvalue weighted by Gasteiger charge is -2.04. The predicted octanol–water partition coefficient (Wildman–Crippen LogP) is 4.22. The molecule has 0 saturated carbocycles. The van der Waals surface area contributed by atoms with Crippen molar-refractivity contribution < 1.29 is 4.79 Å². The molecule has 0 spiro atoms. The Hall–Kier alpha value is -1.89. The highest BCUT2D eigenvalue weighted by Crippen LogP contribution is 2.21. The van der Waals surface area contributed by atoms with Gasteiger partial charge in [0.25, 0.3) is 0 Å². The molecule has 2 rings (SSSR count). The Morgan fingerprint density at radius 2 is 1.76 bits per heavy atom. The van der Waals surface area contributed by atoms with Crippen LogP contribution in [0.5, 0.6) is 0 Å². The van der Waals surface area contributed by atoms with Gasteiger partial charge in [0.15, 0.2) is 0 Å². The van der Waals surface area contributed by atoms with Crippen LogP contribution in [0, 0.1) is 0 Å². The number of hydrogen-bond acceptors (Lipinski definition) is 1. The zero-order valence-corrected chi connectivity index (χ0v) is 10.2. The molecule has 0 atom stereocenters. The SMILES string of the molecule is CC(=O)C/C=C(\C)c1ccc2ccccc2c1. The molecule has 0 amide bonds. The van der Waals surface area contributed by atoms with E-state index in [0.717, 1.165) is 5.57 Å². The first-order chi connectivity index (χ1) is 8.16. The smallest absolute Gasteiger partial charge is 0.133 e. The Bertz CT molecular complexity index is 579. The van der Waals surface area contributed by atoms with Gasteiger partial charge in [-0.25, -0.2) is 0 Å². The van der Waals surface area contributed by atoms with Crippen LogP contribution in [0.4, 0.5) is 0 Å². The number of benzene rings is 2. The van der Waals surface area contributed by atoms with E-state index in [2.05, 4.69) is 30.3 Å². The van der Waals surface area contributed by atoms with Crippen molar-refractivity contribution in [3.63, 3.8) is 0 Å². The molecule has 0 fully saturated rings. The van der Waals surface area contributed by atoms with E-state index in [-0.39, 0.29) is 5.78 Å². The maximum atomic E-state index is 10.9. The molecule has 0 aliphatic carbocycles. The molecule has 17 heavy (non-hydrogen) atoms. The van der Waals surface area contributed by atoms with Crippen molar-refractivity contribution in [1.29, 1.82) is 0 Å². The lowest BCUT2D eigenvalue weighted by atomic mass is 10.0. The number of fused-ring (bicyclic) bond motifs is 1. The molecule has 0 aliphatic heterocycles. The second kappa shape index (κ2) is 4.96. The minimum absolute atomic E-state index is 0.199. The summed E-state index contributed by atoms with van der Waals surface area (Å²) in [6, 6.07) is 14.7. The molecular weight excluding hydrogens is 208 g/mol. The first-order valence-corrected chi connectivity index (χ1v) is 5.82. The van der Waals surface area contributed by atoms with Crippen LogP contribution in [0.3, 0.4) is 0 Å². The average molecular weight is 224 g/mol. The molecule has 0 saturated heterocycles. The van der Waals surface area contributed by atoms with Crippen molar-refractivity contribution in [3.05, 3.63) is 54.1 Å². The number of rotatable bonds is 3. The molecule has 2 aromatic rings. The fraction of sp³-hybridized carbons (Fsp3) is 0.188. The fourth-order valence-corrected chi connectivity index (χ4v) is 1.85. The minimum atomic E-state index is 0.199. The van der Waals surface area contributed by atoms with Crippen LogP contribution in [0.15, 0.2) is 48.5 Å². The van der Waals surface area contributed by atoms with Gasteiger partial charge in [0.2, 0.25) is 0 Å². The molecule has 0 N–H and O–H groups in total. The Labute approximate surface area is 102 Å². The van der Waals surface area contributed by atoms with Crippen molar-refractivity contribution in [3.8, 4) is 0 Å². The molecule has 0 heterocycles. The van der Waals surface area contributed by atoms with Crippen LogP contribution in [-0.4, -0.2) is 5.78 Å². The van der Waals surface area contributed by atoms with Gasteiger partial charge in [-0.05, 0) is 41.8 Å². The quantitative estimate of drug-likeness (QED) is 0.762. The maximum Gasteiger partial charge on any atom is 0.133 e. The van der Waals surface area contributed by atoms with Crippen molar-refractivity contribution in [2.75, 3.05) is 0 Å². The Morgan fingerprint density at radius 1 is 1.06 bits per heavy atom. The van der Waals surface area contributed by atoms with Gasteiger partial charge in [0, 0.05) is 6.42 Å². The predicted molar refractivity (Wildman–Crippen MR) is 72.9 cm³/mol. The second-order valence-electron chi connectivity index (χ2n) is 4.36. The molecule has 0 aromatic heterocycles. The zero-order chi connectivity index (χ0) is 12.3. The Balaban J connectivity index is 2.36. The van der Waals surface area contributed by atoms with E-state index in [1.54, 1.807) is 6.92 Å². The van der Waals surface area contributed by atoms with E-state index < -0.39 is 0 Å². The van der Waals surface area contributed by atoms with Crippen LogP contribution >= 0.6 is 0 Å². The molecule has 0 radical (unpaired) electrons. The second-order valence-corrected chi connectivity index (χ2v) is 4.36. The average Bonchev–Trinajstić information content (AvgIpc) is 2.35. The van der Waals surface area contributed by atoms with E-state index >= 15 is 0 Å². The lowest BCUT2D eigenvalue weighted by molar-refractivity contribution is -0.116. The zero-order valence-electron chi connectivity index (χ0n) is 10.2. The van der Waals surface area contributed by atoms with E-state index in [9.17, 15) is 4.79 Å².